The van der Waals surface area contributed by atoms with Gasteiger partial charge in [0.15, 0.2) is 0 Å². The highest BCUT2D eigenvalue weighted by Gasteiger charge is 2.30. The van der Waals surface area contributed by atoms with E-state index in [1.165, 1.54) is 6.42 Å². The van der Waals surface area contributed by atoms with E-state index in [9.17, 15) is 19.2 Å². The van der Waals surface area contributed by atoms with Crippen LogP contribution in [0.3, 0.4) is 0 Å². The second-order valence-corrected chi connectivity index (χ2v) is 8.16. The van der Waals surface area contributed by atoms with Crippen molar-refractivity contribution in [3.8, 4) is 0 Å². The number of rotatable bonds is 6. The Kier molecular flexibility index (Phi) is 8.44. The summed E-state index contributed by atoms with van der Waals surface area (Å²) in [5.74, 6) is -2.81. The molecule has 2 fully saturated rings. The van der Waals surface area contributed by atoms with Gasteiger partial charge in [-0.05, 0) is 69.6 Å². The van der Waals surface area contributed by atoms with E-state index in [1.54, 1.807) is 0 Å². The molecule has 0 saturated heterocycles. The van der Waals surface area contributed by atoms with Gasteiger partial charge in [0.05, 0.1) is 11.8 Å². The Bertz CT molecular complexity index is 690. The van der Waals surface area contributed by atoms with E-state index in [0.717, 1.165) is 63.9 Å². The first-order chi connectivity index (χ1) is 14.2. The number of aliphatic carboxylic acids is 2. The Hall–Kier alpha value is -2.84. The van der Waals surface area contributed by atoms with Crippen molar-refractivity contribution in [2.24, 2.45) is 23.7 Å². The number of aromatic carboxylic acids is 2. The molecule has 1 aromatic heterocycles. The summed E-state index contributed by atoms with van der Waals surface area (Å²) in [7, 11) is 0. The predicted molar refractivity (Wildman–Crippen MR) is 103 cm³/mol. The summed E-state index contributed by atoms with van der Waals surface area (Å²) in [6, 6.07) is 0. The van der Waals surface area contributed by atoms with Crippen LogP contribution in [0.2, 0.25) is 0 Å². The topological polar surface area (TPSA) is 162 Å². The van der Waals surface area contributed by atoms with Gasteiger partial charge in [-0.1, -0.05) is 0 Å². The number of carbonyl (C=O) groups is 4. The molecular formula is C21H28O9. The molecule has 0 amide bonds. The highest BCUT2D eigenvalue weighted by atomic mass is 16.4. The minimum atomic E-state index is -1.31. The lowest BCUT2D eigenvalue weighted by Gasteiger charge is -2.32. The first-order valence-corrected chi connectivity index (χ1v) is 10.2. The molecule has 4 N–H and O–H groups in total. The maximum Gasteiger partial charge on any atom is 0.339 e. The van der Waals surface area contributed by atoms with Crippen LogP contribution in [0.5, 0.6) is 0 Å². The summed E-state index contributed by atoms with van der Waals surface area (Å²) in [6.45, 7) is 0. The quantitative estimate of drug-likeness (QED) is 0.531. The molecule has 9 heteroatoms. The van der Waals surface area contributed by atoms with Gasteiger partial charge in [-0.3, -0.25) is 9.59 Å². The molecule has 0 unspecified atom stereocenters. The minimum Gasteiger partial charge on any atom is -0.481 e. The Labute approximate surface area is 173 Å². The highest BCUT2D eigenvalue weighted by Crippen LogP contribution is 2.38. The molecule has 0 bridgehead atoms. The lowest BCUT2D eigenvalue weighted by atomic mass is 9.73. The van der Waals surface area contributed by atoms with Gasteiger partial charge in [0, 0.05) is 0 Å². The molecule has 0 aliphatic heterocycles. The molecule has 1 aromatic rings. The van der Waals surface area contributed by atoms with Crippen LogP contribution in [0, 0.1) is 23.7 Å². The molecule has 2 aliphatic rings. The van der Waals surface area contributed by atoms with Gasteiger partial charge < -0.3 is 24.8 Å². The number of hydrogen-bond donors (Lipinski definition) is 4. The van der Waals surface area contributed by atoms with E-state index in [1.807, 2.05) is 0 Å². The zero-order valence-electron chi connectivity index (χ0n) is 16.7. The fourth-order valence-corrected chi connectivity index (χ4v) is 4.39. The van der Waals surface area contributed by atoms with Crippen LogP contribution in [0.15, 0.2) is 16.9 Å². The van der Waals surface area contributed by atoms with Gasteiger partial charge in [0.25, 0.3) is 0 Å². The van der Waals surface area contributed by atoms with E-state index in [2.05, 4.69) is 4.42 Å². The van der Waals surface area contributed by atoms with Crippen LogP contribution < -0.4 is 0 Å². The summed E-state index contributed by atoms with van der Waals surface area (Å²) < 4.78 is 4.41. The zero-order valence-corrected chi connectivity index (χ0v) is 16.7. The molecule has 0 spiro atoms. The monoisotopic (exact) mass is 424 g/mol. The molecule has 2 saturated carbocycles. The van der Waals surface area contributed by atoms with Crippen molar-refractivity contribution in [1.29, 1.82) is 0 Å². The molecule has 3 rings (SSSR count). The molecule has 166 valence electrons. The van der Waals surface area contributed by atoms with Gasteiger partial charge in [-0.2, -0.15) is 0 Å². The van der Waals surface area contributed by atoms with Crippen LogP contribution in [-0.4, -0.2) is 44.3 Å². The minimum absolute atomic E-state index is 0.126. The fourth-order valence-electron chi connectivity index (χ4n) is 4.39. The van der Waals surface area contributed by atoms with Gasteiger partial charge in [0.2, 0.25) is 0 Å². The molecule has 0 atom stereocenters. The molecule has 0 radical (unpaired) electrons. The Morgan fingerprint density at radius 3 is 1.27 bits per heavy atom. The average molecular weight is 424 g/mol. The van der Waals surface area contributed by atoms with Gasteiger partial charge in [-0.25, -0.2) is 9.59 Å². The largest absolute Gasteiger partial charge is 0.481 e. The zero-order chi connectivity index (χ0) is 22.3. The molecule has 30 heavy (non-hydrogen) atoms. The van der Waals surface area contributed by atoms with Crippen LogP contribution in [-0.2, 0) is 9.59 Å². The molecule has 1 heterocycles. The van der Waals surface area contributed by atoms with Crippen molar-refractivity contribution in [2.75, 3.05) is 0 Å². The van der Waals surface area contributed by atoms with Crippen LogP contribution in [0.1, 0.15) is 78.5 Å². The summed E-state index contributed by atoms with van der Waals surface area (Å²) in [5.41, 5.74) is -0.671. The third-order valence-corrected chi connectivity index (χ3v) is 6.18. The first kappa shape index (κ1) is 23.4. The maximum absolute atomic E-state index is 10.9. The van der Waals surface area contributed by atoms with Gasteiger partial charge >= 0.3 is 23.9 Å². The van der Waals surface area contributed by atoms with Crippen molar-refractivity contribution in [2.45, 2.75) is 57.8 Å². The first-order valence-electron chi connectivity index (χ1n) is 10.2. The summed E-state index contributed by atoms with van der Waals surface area (Å²) in [5, 5.41) is 34.7. The standard InChI is InChI=1S/C15H24O4.C6H4O5/c16-14(17)12-5-1-10(2-6-12)9-11-3-7-13(8-4-11)15(18)19;7-5(8)3-1-11-2-4(3)6(9)10/h10-13H,1-9H2,(H,16,17)(H,18,19);1-2H,(H,7,8)(H,9,10). The molecule has 0 aromatic carbocycles. The second-order valence-electron chi connectivity index (χ2n) is 8.16. The lowest BCUT2D eigenvalue weighted by molar-refractivity contribution is -0.143. The number of carboxylic acid groups (broad SMARTS) is 4. The normalized spacial score (nSPS) is 26.1. The number of carboxylic acids is 4. The maximum atomic E-state index is 10.9. The molecular weight excluding hydrogens is 396 g/mol. The second kappa shape index (κ2) is 10.8. The highest BCUT2D eigenvalue weighted by molar-refractivity contribution is 6.01. The SMILES string of the molecule is O=C(O)C1CCC(CC2CCC(C(=O)O)CC2)CC1.O=C(O)c1cocc1C(=O)O. The summed E-state index contributed by atoms with van der Waals surface area (Å²) >= 11 is 0. The van der Waals surface area contributed by atoms with Crippen LogP contribution in [0.25, 0.3) is 0 Å². The third-order valence-electron chi connectivity index (χ3n) is 6.18. The van der Waals surface area contributed by atoms with Crippen molar-refractivity contribution in [3.05, 3.63) is 23.7 Å². The van der Waals surface area contributed by atoms with Crippen molar-refractivity contribution in [3.63, 3.8) is 0 Å². The third kappa shape index (κ3) is 6.60. The Morgan fingerprint density at radius 1 is 0.667 bits per heavy atom. The predicted octanol–water partition coefficient (Wildman–Crippen LogP) is 3.83. The van der Waals surface area contributed by atoms with Crippen LogP contribution in [0.4, 0.5) is 0 Å². The Morgan fingerprint density at radius 2 is 1.00 bits per heavy atom. The van der Waals surface area contributed by atoms with E-state index in [4.69, 9.17) is 20.4 Å². The lowest BCUT2D eigenvalue weighted by Crippen LogP contribution is -2.25. The summed E-state index contributed by atoms with van der Waals surface area (Å²) in [4.78, 5) is 42.3. The fraction of sp³-hybridized carbons (Fsp3) is 0.619. The molecule has 9 nitrogen and oxygen atoms in total. The van der Waals surface area contributed by atoms with E-state index in [-0.39, 0.29) is 23.0 Å². The van der Waals surface area contributed by atoms with Crippen molar-refractivity contribution in [1.82, 2.24) is 0 Å². The average Bonchev–Trinajstić information content (AvgIpc) is 3.20. The van der Waals surface area contributed by atoms with E-state index in [0.29, 0.717) is 11.8 Å². The van der Waals surface area contributed by atoms with Gasteiger partial charge in [0.1, 0.15) is 23.7 Å². The van der Waals surface area contributed by atoms with Crippen molar-refractivity contribution < 1.29 is 44.0 Å². The van der Waals surface area contributed by atoms with E-state index >= 15 is 0 Å². The molecule has 2 aliphatic carbocycles. The number of hydrogen-bond acceptors (Lipinski definition) is 5. The van der Waals surface area contributed by atoms with Crippen LogP contribution >= 0.6 is 0 Å². The summed E-state index contributed by atoms with van der Waals surface area (Å²) in [6.07, 6.45) is 10.4. The smallest absolute Gasteiger partial charge is 0.339 e. The van der Waals surface area contributed by atoms with Gasteiger partial charge in [-0.15, -0.1) is 0 Å². The van der Waals surface area contributed by atoms with E-state index < -0.39 is 23.9 Å². The van der Waals surface area contributed by atoms with Crippen molar-refractivity contribution >= 4 is 23.9 Å². The Balaban J connectivity index is 0.000000248. The number of furan rings is 1.